The molecule has 1 aromatic rings. The number of H-pyrrole nitrogens is 1. The van der Waals surface area contributed by atoms with Crippen molar-refractivity contribution in [1.82, 2.24) is 9.97 Å². The normalized spacial score (nSPS) is 10.9. The average Bonchev–Trinajstić information content (AvgIpc) is 2.11. The van der Waals surface area contributed by atoms with E-state index in [4.69, 9.17) is 0 Å². The lowest BCUT2D eigenvalue weighted by atomic mass is 10.4. The van der Waals surface area contributed by atoms with E-state index in [1.165, 1.54) is 0 Å². The van der Waals surface area contributed by atoms with Crippen LogP contribution < -0.4 is 0 Å². The first-order chi connectivity index (χ1) is 4.91. The van der Waals surface area contributed by atoms with Crippen LogP contribution in [0.4, 0.5) is 3.89 Å². The molecule has 0 aliphatic heterocycles. The molecule has 1 rings (SSSR count). The Bertz CT molecular complexity index is 353. The highest BCUT2D eigenvalue weighted by atomic mass is 35.5. The monoisotopic (exact) mass is 214 g/mol. The summed E-state index contributed by atoms with van der Waals surface area (Å²) >= 11 is 0. The summed E-state index contributed by atoms with van der Waals surface area (Å²) in [6.45, 7) is 3.22. The number of hydrogen-bond acceptors (Lipinski definition) is 3. The van der Waals surface area contributed by atoms with E-state index < -0.39 is 15.4 Å². The van der Waals surface area contributed by atoms with Crippen LogP contribution in [0.1, 0.15) is 11.4 Å². The number of aromatic amines is 1. The lowest BCUT2D eigenvalue weighted by Gasteiger charge is -1.83. The maximum atomic E-state index is 12.2. The lowest BCUT2D eigenvalue weighted by Crippen LogP contribution is -1.94. The van der Waals surface area contributed by atoms with Gasteiger partial charge in [0, 0.05) is 5.69 Å². The summed E-state index contributed by atoms with van der Waals surface area (Å²) in [7, 11) is -4.67. The van der Waals surface area contributed by atoms with E-state index in [1.54, 1.807) is 13.8 Å². The third kappa shape index (κ3) is 2.18. The first kappa shape index (κ1) is 11.4. The second-order valence-corrected chi connectivity index (χ2v) is 3.45. The van der Waals surface area contributed by atoms with Crippen molar-refractivity contribution >= 4 is 22.6 Å². The number of aromatic nitrogens is 2. The Hall–Kier alpha value is -0.620. The summed E-state index contributed by atoms with van der Waals surface area (Å²) < 4.78 is 32.7. The fourth-order valence-corrected chi connectivity index (χ4v) is 1.15. The largest absolute Gasteiger partial charge is 0.366 e. The topological polar surface area (TPSA) is 62.8 Å². The molecule has 0 saturated heterocycles. The van der Waals surface area contributed by atoms with Crippen molar-refractivity contribution in [3.63, 3.8) is 0 Å². The van der Waals surface area contributed by atoms with Crippen LogP contribution in [0, 0.1) is 13.8 Å². The second-order valence-electron chi connectivity index (χ2n) is 2.19. The fraction of sp³-hybridized carbons (Fsp3) is 0.400. The van der Waals surface area contributed by atoms with Crippen LogP contribution >= 0.6 is 12.4 Å². The Morgan fingerprint density at radius 3 is 2.08 bits per heavy atom. The average molecular weight is 215 g/mol. The van der Waals surface area contributed by atoms with Gasteiger partial charge < -0.3 is 4.98 Å². The molecule has 0 saturated carbocycles. The molecular formula is C5H8ClFN2O2S. The molecule has 1 N–H and O–H groups in total. The van der Waals surface area contributed by atoms with Gasteiger partial charge in [-0.05, 0) is 13.8 Å². The van der Waals surface area contributed by atoms with E-state index in [9.17, 15) is 12.3 Å². The molecule has 0 radical (unpaired) electrons. The third-order valence-electron chi connectivity index (χ3n) is 1.34. The molecule has 0 aliphatic carbocycles. The van der Waals surface area contributed by atoms with E-state index >= 15 is 0 Å². The van der Waals surface area contributed by atoms with Crippen molar-refractivity contribution in [2.45, 2.75) is 19.0 Å². The van der Waals surface area contributed by atoms with Gasteiger partial charge in [0.1, 0.15) is 0 Å². The molecule has 0 aliphatic rings. The smallest absolute Gasteiger partial charge is 0.330 e. The molecule has 7 heteroatoms. The zero-order valence-corrected chi connectivity index (χ0v) is 8.09. The molecule has 0 bridgehead atoms. The molecule has 0 aromatic carbocycles. The molecule has 0 amide bonds. The standard InChI is InChI=1S/C5H7FN2O2S.ClH/c1-3-4(2)8-5(7-3)11(6,9)10;/h1-2H3,(H,7,8);1H. The van der Waals surface area contributed by atoms with E-state index in [1.807, 2.05) is 0 Å². The van der Waals surface area contributed by atoms with Crippen molar-refractivity contribution in [2.24, 2.45) is 0 Å². The molecule has 0 fully saturated rings. The second kappa shape index (κ2) is 3.40. The van der Waals surface area contributed by atoms with Gasteiger partial charge in [-0.3, -0.25) is 0 Å². The molecule has 4 nitrogen and oxygen atoms in total. The summed E-state index contributed by atoms with van der Waals surface area (Å²) in [6.07, 6.45) is 0. The summed E-state index contributed by atoms with van der Waals surface area (Å²) in [5, 5.41) is -0.618. The maximum absolute atomic E-state index is 12.2. The van der Waals surface area contributed by atoms with Crippen LogP contribution in [0.2, 0.25) is 0 Å². The van der Waals surface area contributed by atoms with Gasteiger partial charge in [0.05, 0.1) is 5.69 Å². The van der Waals surface area contributed by atoms with Gasteiger partial charge in [0.25, 0.3) is 5.16 Å². The first-order valence-corrected chi connectivity index (χ1v) is 4.27. The van der Waals surface area contributed by atoms with E-state index in [0.29, 0.717) is 11.4 Å². The zero-order valence-electron chi connectivity index (χ0n) is 6.46. The lowest BCUT2D eigenvalue weighted by molar-refractivity contribution is 0.543. The Kier molecular flexibility index (Phi) is 3.23. The fourth-order valence-electron chi connectivity index (χ4n) is 0.630. The van der Waals surface area contributed by atoms with Crippen LogP contribution in [-0.4, -0.2) is 18.4 Å². The SMILES string of the molecule is Cc1nc(S(=O)(=O)F)[nH]c1C.Cl. The minimum atomic E-state index is -4.67. The van der Waals surface area contributed by atoms with Crippen LogP contribution in [0.15, 0.2) is 5.16 Å². The maximum Gasteiger partial charge on any atom is 0.366 e. The first-order valence-electron chi connectivity index (χ1n) is 2.89. The number of imidazole rings is 1. The van der Waals surface area contributed by atoms with Gasteiger partial charge >= 0.3 is 10.2 Å². The van der Waals surface area contributed by atoms with Crippen molar-refractivity contribution in [3.05, 3.63) is 11.4 Å². The Labute approximate surface area is 75.8 Å². The van der Waals surface area contributed by atoms with Crippen LogP contribution in [0.25, 0.3) is 0 Å². The number of nitrogens with zero attached hydrogens (tertiary/aromatic N) is 1. The Morgan fingerprint density at radius 2 is 1.92 bits per heavy atom. The van der Waals surface area contributed by atoms with E-state index in [2.05, 4.69) is 9.97 Å². The van der Waals surface area contributed by atoms with Gasteiger partial charge in [-0.25, -0.2) is 4.98 Å². The molecule has 0 atom stereocenters. The van der Waals surface area contributed by atoms with Crippen LogP contribution in [0.3, 0.4) is 0 Å². The quantitative estimate of drug-likeness (QED) is 0.713. The minimum absolute atomic E-state index is 0. The summed E-state index contributed by atoms with van der Waals surface area (Å²) in [4.78, 5) is 5.77. The minimum Gasteiger partial charge on any atom is -0.330 e. The van der Waals surface area contributed by atoms with Gasteiger partial charge in [0.15, 0.2) is 0 Å². The highest BCUT2D eigenvalue weighted by Crippen LogP contribution is 2.10. The number of nitrogens with one attached hydrogen (secondary N) is 1. The number of rotatable bonds is 1. The van der Waals surface area contributed by atoms with Gasteiger partial charge in [0.2, 0.25) is 0 Å². The highest BCUT2D eigenvalue weighted by molar-refractivity contribution is 7.86. The van der Waals surface area contributed by atoms with E-state index in [-0.39, 0.29) is 12.4 Å². The van der Waals surface area contributed by atoms with Crippen LogP contribution in [0.5, 0.6) is 0 Å². The van der Waals surface area contributed by atoms with Gasteiger partial charge in [-0.15, -0.1) is 12.4 Å². The zero-order chi connectivity index (χ0) is 8.65. The molecule has 12 heavy (non-hydrogen) atoms. The molecule has 0 unspecified atom stereocenters. The van der Waals surface area contributed by atoms with Crippen molar-refractivity contribution in [3.8, 4) is 0 Å². The number of aryl methyl sites for hydroxylation is 2. The third-order valence-corrected chi connectivity index (χ3v) is 1.99. The molecule has 1 heterocycles. The molecular weight excluding hydrogens is 207 g/mol. The number of hydrogen-bond donors (Lipinski definition) is 1. The highest BCUT2D eigenvalue weighted by Gasteiger charge is 2.16. The van der Waals surface area contributed by atoms with Crippen molar-refractivity contribution in [1.29, 1.82) is 0 Å². The predicted molar refractivity (Wildman–Crippen MR) is 43.6 cm³/mol. The number of halogens is 2. The molecule has 0 spiro atoms. The predicted octanol–water partition coefficient (Wildman–Crippen LogP) is 1.11. The molecule has 70 valence electrons. The summed E-state index contributed by atoms with van der Waals surface area (Å²) in [5.74, 6) is 0. The summed E-state index contributed by atoms with van der Waals surface area (Å²) in [5.41, 5.74) is 1.04. The van der Waals surface area contributed by atoms with Gasteiger partial charge in [-0.1, -0.05) is 3.89 Å². The Balaban J connectivity index is 0.00000121. The van der Waals surface area contributed by atoms with E-state index in [0.717, 1.165) is 0 Å². The van der Waals surface area contributed by atoms with Crippen molar-refractivity contribution in [2.75, 3.05) is 0 Å². The Morgan fingerprint density at radius 1 is 1.42 bits per heavy atom. The van der Waals surface area contributed by atoms with Gasteiger partial charge in [-0.2, -0.15) is 8.42 Å². The molecule has 1 aromatic heterocycles. The van der Waals surface area contributed by atoms with Crippen molar-refractivity contribution < 1.29 is 12.3 Å². The summed E-state index contributed by atoms with van der Waals surface area (Å²) in [6, 6.07) is 0. The van der Waals surface area contributed by atoms with Crippen LogP contribution in [-0.2, 0) is 10.2 Å².